The molecule has 1 atom stereocenters. The molecule has 0 saturated carbocycles. The fourth-order valence-electron chi connectivity index (χ4n) is 3.55. The first-order valence-corrected chi connectivity index (χ1v) is 11.4. The van der Waals surface area contributed by atoms with Crippen LogP contribution >= 0.6 is 0 Å². The van der Waals surface area contributed by atoms with Gasteiger partial charge in [0.1, 0.15) is 11.6 Å². The van der Waals surface area contributed by atoms with Crippen LogP contribution in [0.15, 0.2) is 42.6 Å². The second-order valence-corrected chi connectivity index (χ2v) is 7.93. The summed E-state index contributed by atoms with van der Waals surface area (Å²) in [5.74, 6) is 5.76. The highest BCUT2D eigenvalue weighted by molar-refractivity contribution is 5.97. The second kappa shape index (κ2) is 12.4. The van der Waals surface area contributed by atoms with E-state index in [0.717, 1.165) is 17.5 Å². The average Bonchev–Trinajstić information content (AvgIpc) is 3.24. The number of unbranched alkanes of at least 4 members (excludes halogenated alkanes) is 2. The number of hydrogen-bond donors (Lipinski definition) is 3. The van der Waals surface area contributed by atoms with Gasteiger partial charge in [0.15, 0.2) is 0 Å². The highest BCUT2D eigenvalue weighted by Gasteiger charge is 2.19. The van der Waals surface area contributed by atoms with E-state index in [2.05, 4.69) is 28.2 Å². The largest absolute Gasteiger partial charge is 0.493 e. The maximum absolute atomic E-state index is 13.7. The molecular formula is C27H28FN3O3. The number of benzene rings is 2. The Labute approximate surface area is 198 Å². The molecule has 0 aliphatic carbocycles. The number of ether oxygens (including phenoxy) is 1. The fraction of sp³-hybridized carbons (Fsp3) is 0.333. The molecule has 6 nitrogen and oxygen atoms in total. The van der Waals surface area contributed by atoms with Crippen LogP contribution in [-0.2, 0) is 6.42 Å². The number of aromatic nitrogens is 1. The Morgan fingerprint density at radius 3 is 2.88 bits per heavy atom. The number of rotatable bonds is 10. The first-order valence-electron chi connectivity index (χ1n) is 11.4. The number of aliphatic hydroxyl groups is 1. The number of nitriles is 1. The number of aromatic amines is 1. The molecule has 0 saturated heterocycles. The maximum atomic E-state index is 13.7. The van der Waals surface area contributed by atoms with Crippen molar-refractivity contribution in [2.24, 2.45) is 0 Å². The van der Waals surface area contributed by atoms with Crippen molar-refractivity contribution in [2.45, 2.75) is 45.1 Å². The normalized spacial score (nSPS) is 11.4. The summed E-state index contributed by atoms with van der Waals surface area (Å²) in [5, 5.41) is 22.1. The van der Waals surface area contributed by atoms with Crippen molar-refractivity contribution in [1.82, 2.24) is 10.3 Å². The molecule has 0 bridgehead atoms. The number of halogens is 1. The van der Waals surface area contributed by atoms with E-state index in [1.807, 2.05) is 6.92 Å². The van der Waals surface area contributed by atoms with Gasteiger partial charge in [-0.1, -0.05) is 18.8 Å². The highest BCUT2D eigenvalue weighted by Crippen LogP contribution is 2.23. The van der Waals surface area contributed by atoms with Crippen LogP contribution in [0.1, 0.15) is 54.1 Å². The van der Waals surface area contributed by atoms with Gasteiger partial charge in [-0.05, 0) is 61.2 Å². The smallest absolute Gasteiger partial charge is 0.255 e. The standard InChI is InChI=1S/C27H28FN3O3/c1-2-13-34-26-11-8-19(7-5-3-4-6-12-29)14-24(26)27(33)31-22(18-32)15-20-17-30-25-10-9-21(28)16-23(20)25/h8-11,14,16-17,22,30,32H,2-4,6,13,15,18H2,1H3,(H,31,33). The molecule has 7 heteroatoms. The predicted octanol–water partition coefficient (Wildman–Crippen LogP) is 4.47. The summed E-state index contributed by atoms with van der Waals surface area (Å²) >= 11 is 0. The minimum Gasteiger partial charge on any atom is -0.493 e. The van der Waals surface area contributed by atoms with Gasteiger partial charge in [-0.3, -0.25) is 4.79 Å². The van der Waals surface area contributed by atoms with Crippen LogP contribution in [0.2, 0.25) is 0 Å². The van der Waals surface area contributed by atoms with Crippen molar-refractivity contribution >= 4 is 16.8 Å². The Hall–Kier alpha value is -3.81. The molecule has 3 rings (SSSR count). The average molecular weight is 462 g/mol. The molecule has 34 heavy (non-hydrogen) atoms. The second-order valence-electron chi connectivity index (χ2n) is 7.93. The van der Waals surface area contributed by atoms with Gasteiger partial charge in [0.25, 0.3) is 5.91 Å². The molecule has 1 heterocycles. The van der Waals surface area contributed by atoms with Crippen LogP contribution < -0.4 is 10.1 Å². The van der Waals surface area contributed by atoms with Crippen molar-refractivity contribution in [3.8, 4) is 23.7 Å². The monoisotopic (exact) mass is 461 g/mol. The summed E-state index contributed by atoms with van der Waals surface area (Å²) in [6, 6.07) is 11.2. The number of amides is 1. The van der Waals surface area contributed by atoms with E-state index in [0.29, 0.717) is 54.6 Å². The van der Waals surface area contributed by atoms with Gasteiger partial charge in [0.2, 0.25) is 0 Å². The van der Waals surface area contributed by atoms with E-state index in [4.69, 9.17) is 10.00 Å². The van der Waals surface area contributed by atoms with Crippen LogP contribution in [0, 0.1) is 29.0 Å². The summed E-state index contributed by atoms with van der Waals surface area (Å²) in [7, 11) is 0. The fourth-order valence-corrected chi connectivity index (χ4v) is 3.55. The summed E-state index contributed by atoms with van der Waals surface area (Å²) in [4.78, 5) is 16.2. The number of nitrogens with zero attached hydrogens (tertiary/aromatic N) is 1. The molecule has 0 spiro atoms. The van der Waals surface area contributed by atoms with Crippen molar-refractivity contribution in [3.05, 3.63) is 65.1 Å². The molecule has 0 fully saturated rings. The van der Waals surface area contributed by atoms with Gasteiger partial charge in [0, 0.05) is 35.5 Å². The van der Waals surface area contributed by atoms with E-state index in [1.165, 1.54) is 12.1 Å². The topological polar surface area (TPSA) is 98.1 Å². The third-order valence-corrected chi connectivity index (χ3v) is 5.26. The van der Waals surface area contributed by atoms with Crippen LogP contribution in [-0.4, -0.2) is 35.3 Å². The molecular weight excluding hydrogens is 433 g/mol. The summed E-state index contributed by atoms with van der Waals surface area (Å²) in [5.41, 5.74) is 2.59. The molecule has 3 N–H and O–H groups in total. The third-order valence-electron chi connectivity index (χ3n) is 5.26. The van der Waals surface area contributed by atoms with Crippen LogP contribution in [0.3, 0.4) is 0 Å². The van der Waals surface area contributed by atoms with Gasteiger partial charge < -0.3 is 20.1 Å². The molecule has 1 unspecified atom stereocenters. The van der Waals surface area contributed by atoms with Crippen LogP contribution in [0.5, 0.6) is 5.75 Å². The minimum atomic E-state index is -0.575. The molecule has 1 amide bonds. The number of fused-ring (bicyclic) bond motifs is 1. The van der Waals surface area contributed by atoms with Gasteiger partial charge >= 0.3 is 0 Å². The van der Waals surface area contributed by atoms with E-state index in [9.17, 15) is 14.3 Å². The van der Waals surface area contributed by atoms with E-state index >= 15 is 0 Å². The van der Waals surface area contributed by atoms with Crippen molar-refractivity contribution in [3.63, 3.8) is 0 Å². The lowest BCUT2D eigenvalue weighted by Gasteiger charge is -2.18. The SMILES string of the molecule is CCCOc1ccc(C#CCCCC#N)cc1C(=O)NC(CO)Cc1c[nH]c2ccc(F)cc12. The summed E-state index contributed by atoms with van der Waals surface area (Å²) < 4.78 is 19.5. The van der Waals surface area contributed by atoms with Gasteiger partial charge in [0.05, 0.1) is 30.9 Å². The molecule has 176 valence electrons. The highest BCUT2D eigenvalue weighted by atomic mass is 19.1. The molecule has 2 aromatic carbocycles. The zero-order chi connectivity index (χ0) is 24.3. The Morgan fingerprint density at radius 1 is 1.26 bits per heavy atom. The van der Waals surface area contributed by atoms with E-state index < -0.39 is 6.04 Å². The Kier molecular flexibility index (Phi) is 9.08. The quantitative estimate of drug-likeness (QED) is 0.306. The van der Waals surface area contributed by atoms with Crippen LogP contribution in [0.4, 0.5) is 4.39 Å². The number of nitrogens with one attached hydrogen (secondary N) is 2. The molecule has 3 aromatic rings. The van der Waals surface area contributed by atoms with E-state index in [-0.39, 0.29) is 18.3 Å². The predicted molar refractivity (Wildman–Crippen MR) is 129 cm³/mol. The summed E-state index contributed by atoms with van der Waals surface area (Å²) in [6.07, 6.45) is 4.63. The van der Waals surface area contributed by atoms with Crippen molar-refractivity contribution in [2.75, 3.05) is 13.2 Å². The first kappa shape index (κ1) is 24.8. The lowest BCUT2D eigenvalue weighted by molar-refractivity contribution is 0.0912. The lowest BCUT2D eigenvalue weighted by Crippen LogP contribution is -2.39. The number of hydrogen-bond acceptors (Lipinski definition) is 4. The first-order chi connectivity index (χ1) is 16.5. The third kappa shape index (κ3) is 6.60. The number of aliphatic hydroxyl groups excluding tert-OH is 1. The van der Waals surface area contributed by atoms with Gasteiger partial charge in [-0.2, -0.15) is 5.26 Å². The number of carbonyl (C=O) groups excluding carboxylic acids is 1. The molecule has 0 aliphatic heterocycles. The zero-order valence-electron chi connectivity index (χ0n) is 19.2. The van der Waals surface area contributed by atoms with Gasteiger partial charge in [-0.15, -0.1) is 0 Å². The molecule has 1 aromatic heterocycles. The number of carbonyl (C=O) groups is 1. The van der Waals surface area contributed by atoms with Crippen LogP contribution in [0.25, 0.3) is 10.9 Å². The van der Waals surface area contributed by atoms with E-state index in [1.54, 1.807) is 30.5 Å². The lowest BCUT2D eigenvalue weighted by atomic mass is 10.0. The number of H-pyrrole nitrogens is 1. The van der Waals surface area contributed by atoms with Crippen molar-refractivity contribution in [1.29, 1.82) is 5.26 Å². The Balaban J connectivity index is 1.78. The Morgan fingerprint density at radius 2 is 2.12 bits per heavy atom. The van der Waals surface area contributed by atoms with Gasteiger partial charge in [-0.25, -0.2) is 4.39 Å². The molecule has 0 radical (unpaired) electrons. The zero-order valence-corrected chi connectivity index (χ0v) is 19.2. The minimum absolute atomic E-state index is 0.280. The van der Waals surface area contributed by atoms with Crippen molar-refractivity contribution < 1.29 is 19.0 Å². The maximum Gasteiger partial charge on any atom is 0.255 e. The molecule has 0 aliphatic rings. The Bertz CT molecular complexity index is 1230. The summed E-state index contributed by atoms with van der Waals surface area (Å²) in [6.45, 7) is 2.16.